The van der Waals surface area contributed by atoms with Crippen LogP contribution in [-0.2, 0) is 7.05 Å². The summed E-state index contributed by atoms with van der Waals surface area (Å²) in [6, 6.07) is 0. The van der Waals surface area contributed by atoms with Crippen molar-refractivity contribution >= 4 is 17.6 Å². The number of rotatable bonds is 1. The standard InChI is InChI=1S/C5H5ClN2O3/c1-8-3(5(10)11)2(6)4(9)7-8/h1H3,(H,7,9)(H,10,11). The summed E-state index contributed by atoms with van der Waals surface area (Å²) in [5, 5.41) is 10.4. The molecule has 0 saturated carbocycles. The van der Waals surface area contributed by atoms with Crippen LogP contribution in [0.15, 0.2) is 4.79 Å². The van der Waals surface area contributed by atoms with Crippen LogP contribution in [-0.4, -0.2) is 20.9 Å². The number of hydrogen-bond acceptors (Lipinski definition) is 2. The van der Waals surface area contributed by atoms with E-state index in [1.165, 1.54) is 7.05 Å². The van der Waals surface area contributed by atoms with Gasteiger partial charge in [0.2, 0.25) is 0 Å². The minimum Gasteiger partial charge on any atom is -0.476 e. The highest BCUT2D eigenvalue weighted by Gasteiger charge is 2.16. The van der Waals surface area contributed by atoms with Gasteiger partial charge in [-0.1, -0.05) is 11.6 Å². The largest absolute Gasteiger partial charge is 0.476 e. The highest BCUT2D eigenvalue weighted by molar-refractivity contribution is 6.33. The van der Waals surface area contributed by atoms with E-state index in [-0.39, 0.29) is 10.7 Å². The van der Waals surface area contributed by atoms with Crippen molar-refractivity contribution in [2.75, 3.05) is 0 Å². The van der Waals surface area contributed by atoms with E-state index in [1.807, 2.05) is 0 Å². The Hall–Kier alpha value is -1.23. The van der Waals surface area contributed by atoms with Crippen molar-refractivity contribution < 1.29 is 9.90 Å². The Balaban J connectivity index is 3.46. The predicted molar refractivity (Wildman–Crippen MR) is 38.0 cm³/mol. The van der Waals surface area contributed by atoms with E-state index in [0.29, 0.717) is 0 Å². The molecule has 2 N–H and O–H groups in total. The number of hydrogen-bond donors (Lipinski definition) is 2. The molecule has 0 fully saturated rings. The highest BCUT2D eigenvalue weighted by atomic mass is 35.5. The van der Waals surface area contributed by atoms with Crippen LogP contribution in [0.25, 0.3) is 0 Å². The quantitative estimate of drug-likeness (QED) is 0.636. The van der Waals surface area contributed by atoms with Gasteiger partial charge < -0.3 is 5.11 Å². The second-order valence-electron chi connectivity index (χ2n) is 1.97. The fraction of sp³-hybridized carbons (Fsp3) is 0.200. The Labute approximate surface area is 66.2 Å². The van der Waals surface area contributed by atoms with Crippen LogP contribution in [0.3, 0.4) is 0 Å². The van der Waals surface area contributed by atoms with Gasteiger partial charge in [0.05, 0.1) is 0 Å². The third-order valence-electron chi connectivity index (χ3n) is 1.21. The van der Waals surface area contributed by atoms with Gasteiger partial charge in [-0.15, -0.1) is 0 Å². The van der Waals surface area contributed by atoms with E-state index >= 15 is 0 Å². The molecule has 0 amide bonds. The smallest absolute Gasteiger partial charge is 0.355 e. The first-order valence-corrected chi connectivity index (χ1v) is 3.09. The minimum absolute atomic E-state index is 0.225. The number of nitrogens with one attached hydrogen (secondary N) is 1. The van der Waals surface area contributed by atoms with Crippen LogP contribution in [0.1, 0.15) is 10.5 Å². The minimum atomic E-state index is -1.23. The first-order chi connectivity index (χ1) is 5.04. The van der Waals surface area contributed by atoms with Crippen LogP contribution in [0.4, 0.5) is 0 Å². The van der Waals surface area contributed by atoms with Crippen molar-refractivity contribution in [1.82, 2.24) is 9.78 Å². The number of aromatic nitrogens is 2. The van der Waals surface area contributed by atoms with Crippen LogP contribution in [0.2, 0.25) is 5.02 Å². The van der Waals surface area contributed by atoms with Crippen LogP contribution in [0.5, 0.6) is 0 Å². The van der Waals surface area contributed by atoms with Gasteiger partial charge in [-0.3, -0.25) is 14.6 Å². The molecular formula is C5H5ClN2O3. The fourth-order valence-corrected chi connectivity index (χ4v) is 0.999. The van der Waals surface area contributed by atoms with Gasteiger partial charge in [0, 0.05) is 7.05 Å². The summed E-state index contributed by atoms with van der Waals surface area (Å²) in [6.07, 6.45) is 0. The van der Waals surface area contributed by atoms with Crippen molar-refractivity contribution in [3.05, 3.63) is 21.1 Å². The lowest BCUT2D eigenvalue weighted by Gasteiger charge is -1.93. The van der Waals surface area contributed by atoms with E-state index in [9.17, 15) is 9.59 Å². The molecule has 0 unspecified atom stereocenters. The van der Waals surface area contributed by atoms with Crippen molar-refractivity contribution in [2.45, 2.75) is 0 Å². The molecule has 0 atom stereocenters. The molecule has 1 aromatic heterocycles. The molecule has 1 rings (SSSR count). The number of nitrogens with zero attached hydrogens (tertiary/aromatic N) is 1. The monoisotopic (exact) mass is 176 g/mol. The number of aromatic carboxylic acids is 1. The van der Waals surface area contributed by atoms with Crippen molar-refractivity contribution in [3.63, 3.8) is 0 Å². The number of H-pyrrole nitrogens is 1. The van der Waals surface area contributed by atoms with Gasteiger partial charge in [0.15, 0.2) is 5.69 Å². The van der Waals surface area contributed by atoms with Gasteiger partial charge >= 0.3 is 5.97 Å². The first kappa shape index (κ1) is 7.87. The molecular weight excluding hydrogens is 172 g/mol. The number of aryl methyl sites for hydroxylation is 1. The lowest BCUT2D eigenvalue weighted by molar-refractivity contribution is 0.0685. The summed E-state index contributed by atoms with van der Waals surface area (Å²) in [5.41, 5.74) is -0.816. The number of carbonyl (C=O) groups is 1. The lowest BCUT2D eigenvalue weighted by Crippen LogP contribution is -2.05. The fourth-order valence-electron chi connectivity index (χ4n) is 0.749. The zero-order chi connectivity index (χ0) is 8.59. The molecule has 0 bridgehead atoms. The van der Waals surface area contributed by atoms with E-state index in [0.717, 1.165) is 4.68 Å². The molecule has 0 aromatic carbocycles. The summed E-state index contributed by atoms with van der Waals surface area (Å²) in [4.78, 5) is 21.1. The summed E-state index contributed by atoms with van der Waals surface area (Å²) in [5.74, 6) is -1.23. The molecule has 60 valence electrons. The van der Waals surface area contributed by atoms with E-state index < -0.39 is 11.5 Å². The lowest BCUT2D eigenvalue weighted by atomic mass is 10.4. The topological polar surface area (TPSA) is 75.1 Å². The maximum Gasteiger partial charge on any atom is 0.355 e. The Kier molecular flexibility index (Phi) is 1.74. The number of carboxylic acid groups (broad SMARTS) is 1. The Morgan fingerprint density at radius 1 is 1.73 bits per heavy atom. The Bertz CT molecular complexity index is 351. The predicted octanol–water partition coefficient (Wildman–Crippen LogP) is 0.0650. The molecule has 0 aliphatic carbocycles. The highest BCUT2D eigenvalue weighted by Crippen LogP contribution is 2.07. The molecule has 5 nitrogen and oxygen atoms in total. The van der Waals surface area contributed by atoms with Gasteiger partial charge in [-0.25, -0.2) is 4.79 Å². The molecule has 11 heavy (non-hydrogen) atoms. The molecule has 6 heteroatoms. The summed E-state index contributed by atoms with van der Waals surface area (Å²) in [7, 11) is 1.40. The van der Waals surface area contributed by atoms with Gasteiger partial charge in [-0.2, -0.15) is 0 Å². The van der Waals surface area contributed by atoms with Crippen LogP contribution >= 0.6 is 11.6 Å². The van der Waals surface area contributed by atoms with E-state index in [4.69, 9.17) is 16.7 Å². The van der Waals surface area contributed by atoms with Crippen LogP contribution in [0, 0.1) is 0 Å². The summed E-state index contributed by atoms with van der Waals surface area (Å²) < 4.78 is 1.06. The Morgan fingerprint density at radius 2 is 2.27 bits per heavy atom. The molecule has 0 aliphatic heterocycles. The molecule has 1 aromatic rings. The van der Waals surface area contributed by atoms with Crippen molar-refractivity contribution in [1.29, 1.82) is 0 Å². The van der Waals surface area contributed by atoms with Gasteiger partial charge in [-0.05, 0) is 0 Å². The average Bonchev–Trinajstić information content (AvgIpc) is 2.07. The summed E-state index contributed by atoms with van der Waals surface area (Å²) in [6.45, 7) is 0. The van der Waals surface area contributed by atoms with Crippen molar-refractivity contribution in [2.24, 2.45) is 7.05 Å². The molecule has 0 saturated heterocycles. The SMILES string of the molecule is Cn1[nH]c(=O)c(Cl)c1C(=O)O. The molecule has 0 radical (unpaired) electrons. The number of aromatic amines is 1. The third-order valence-corrected chi connectivity index (χ3v) is 1.57. The normalized spacial score (nSPS) is 10.0. The summed E-state index contributed by atoms with van der Waals surface area (Å²) >= 11 is 5.36. The zero-order valence-corrected chi connectivity index (χ0v) is 6.34. The Morgan fingerprint density at radius 3 is 2.45 bits per heavy atom. The third kappa shape index (κ3) is 1.14. The molecule has 1 heterocycles. The van der Waals surface area contributed by atoms with E-state index in [1.54, 1.807) is 0 Å². The zero-order valence-electron chi connectivity index (χ0n) is 5.59. The average molecular weight is 177 g/mol. The number of carboxylic acids is 1. The second kappa shape index (κ2) is 2.43. The van der Waals surface area contributed by atoms with Gasteiger partial charge in [0.25, 0.3) is 5.56 Å². The molecule has 0 spiro atoms. The maximum absolute atomic E-state index is 10.7. The van der Waals surface area contributed by atoms with Crippen molar-refractivity contribution in [3.8, 4) is 0 Å². The maximum atomic E-state index is 10.7. The second-order valence-corrected chi connectivity index (χ2v) is 2.35. The van der Waals surface area contributed by atoms with Gasteiger partial charge in [0.1, 0.15) is 5.02 Å². The van der Waals surface area contributed by atoms with E-state index in [2.05, 4.69) is 5.10 Å². The molecule has 0 aliphatic rings. The first-order valence-electron chi connectivity index (χ1n) is 2.72. The number of halogens is 1. The van der Waals surface area contributed by atoms with Crippen LogP contribution < -0.4 is 5.56 Å².